The first-order chi connectivity index (χ1) is 14.4. The molecule has 0 N–H and O–H groups in total. The lowest BCUT2D eigenvalue weighted by atomic mass is 9.92. The number of hydrogen-bond acceptors (Lipinski definition) is 2. The molecule has 0 aliphatic carbocycles. The van der Waals surface area contributed by atoms with E-state index < -0.39 is 0 Å². The number of benzene rings is 4. The summed E-state index contributed by atoms with van der Waals surface area (Å²) in [4.78, 5) is 5.06. The molecule has 2 atom stereocenters. The van der Waals surface area contributed by atoms with Crippen LogP contribution in [0, 0.1) is 0 Å². The molecule has 1 fully saturated rings. The topological polar surface area (TPSA) is 6.48 Å². The molecule has 2 nitrogen and oxygen atoms in total. The van der Waals surface area contributed by atoms with Gasteiger partial charge in [0.15, 0.2) is 0 Å². The molecule has 2 heteroatoms. The Labute approximate surface area is 172 Å². The van der Waals surface area contributed by atoms with Crippen LogP contribution in [0.15, 0.2) is 121 Å². The van der Waals surface area contributed by atoms with Crippen molar-refractivity contribution in [2.45, 2.75) is 12.1 Å². The molecule has 4 aromatic carbocycles. The lowest BCUT2D eigenvalue weighted by Gasteiger charge is -2.30. The summed E-state index contributed by atoms with van der Waals surface area (Å²) < 4.78 is 0. The monoisotopic (exact) mass is 376 g/mol. The van der Waals surface area contributed by atoms with E-state index in [0.717, 1.165) is 6.67 Å². The molecule has 5 rings (SSSR count). The zero-order chi connectivity index (χ0) is 19.5. The highest BCUT2D eigenvalue weighted by atomic mass is 15.4. The number of rotatable bonds is 4. The van der Waals surface area contributed by atoms with Crippen molar-refractivity contribution < 1.29 is 0 Å². The number of anilines is 2. The summed E-state index contributed by atoms with van der Waals surface area (Å²) in [7, 11) is 0. The molecule has 1 aliphatic heterocycles. The largest absolute Gasteiger partial charge is 0.344 e. The normalized spacial score (nSPS) is 18.8. The van der Waals surface area contributed by atoms with Crippen LogP contribution in [-0.4, -0.2) is 6.67 Å². The van der Waals surface area contributed by atoms with E-state index in [-0.39, 0.29) is 12.1 Å². The van der Waals surface area contributed by atoms with Gasteiger partial charge in [0, 0.05) is 11.4 Å². The third kappa shape index (κ3) is 3.38. The molecule has 0 unspecified atom stereocenters. The van der Waals surface area contributed by atoms with Crippen molar-refractivity contribution in [2.75, 3.05) is 16.5 Å². The van der Waals surface area contributed by atoms with Crippen molar-refractivity contribution >= 4 is 11.4 Å². The zero-order valence-electron chi connectivity index (χ0n) is 16.3. The summed E-state index contributed by atoms with van der Waals surface area (Å²) in [5, 5.41) is 0. The second kappa shape index (κ2) is 7.84. The molecule has 29 heavy (non-hydrogen) atoms. The van der Waals surface area contributed by atoms with Crippen molar-refractivity contribution in [3.8, 4) is 0 Å². The van der Waals surface area contributed by atoms with Crippen LogP contribution in [0.3, 0.4) is 0 Å². The molecule has 0 radical (unpaired) electrons. The van der Waals surface area contributed by atoms with Gasteiger partial charge in [0.2, 0.25) is 0 Å². The quantitative estimate of drug-likeness (QED) is 0.404. The van der Waals surface area contributed by atoms with Gasteiger partial charge in [-0.1, -0.05) is 97.1 Å². The van der Waals surface area contributed by atoms with E-state index in [0.29, 0.717) is 0 Å². The summed E-state index contributed by atoms with van der Waals surface area (Å²) in [5.41, 5.74) is 5.17. The highest BCUT2D eigenvalue weighted by molar-refractivity contribution is 5.60. The predicted octanol–water partition coefficient (Wildman–Crippen LogP) is 6.45. The minimum absolute atomic E-state index is 0.223. The maximum Gasteiger partial charge on any atom is 0.0917 e. The van der Waals surface area contributed by atoms with Gasteiger partial charge in [0.05, 0.1) is 18.8 Å². The van der Waals surface area contributed by atoms with Crippen LogP contribution < -0.4 is 9.80 Å². The van der Waals surface area contributed by atoms with Crippen molar-refractivity contribution in [3.05, 3.63) is 132 Å². The van der Waals surface area contributed by atoms with Crippen molar-refractivity contribution in [1.82, 2.24) is 0 Å². The van der Waals surface area contributed by atoms with Gasteiger partial charge in [-0.2, -0.15) is 0 Å². The Hall–Kier alpha value is -3.52. The Morgan fingerprint density at radius 2 is 0.724 bits per heavy atom. The number of nitrogens with zero attached hydrogens (tertiary/aromatic N) is 2. The highest BCUT2D eigenvalue weighted by Gasteiger charge is 2.42. The first kappa shape index (κ1) is 17.6. The molecule has 0 aromatic heterocycles. The third-order valence-corrected chi connectivity index (χ3v) is 5.73. The molecule has 0 saturated carbocycles. The molecule has 1 heterocycles. The van der Waals surface area contributed by atoms with Crippen LogP contribution in [0.1, 0.15) is 23.2 Å². The fraction of sp³-hybridized carbons (Fsp3) is 0.111. The molecule has 142 valence electrons. The molecular formula is C27H24N2. The summed E-state index contributed by atoms with van der Waals surface area (Å²) in [6, 6.07) is 43.8. The van der Waals surface area contributed by atoms with Gasteiger partial charge in [0.1, 0.15) is 0 Å². The van der Waals surface area contributed by atoms with E-state index in [4.69, 9.17) is 0 Å². The lowest BCUT2D eigenvalue weighted by molar-refractivity contribution is 0.618. The maximum atomic E-state index is 2.53. The van der Waals surface area contributed by atoms with Gasteiger partial charge >= 0.3 is 0 Å². The van der Waals surface area contributed by atoms with Crippen molar-refractivity contribution in [2.24, 2.45) is 0 Å². The second-order valence-corrected chi connectivity index (χ2v) is 7.46. The van der Waals surface area contributed by atoms with E-state index >= 15 is 0 Å². The summed E-state index contributed by atoms with van der Waals surface area (Å²) in [6.45, 7) is 0.840. The van der Waals surface area contributed by atoms with Gasteiger partial charge in [0.25, 0.3) is 0 Å². The Morgan fingerprint density at radius 3 is 1.07 bits per heavy atom. The van der Waals surface area contributed by atoms with Crippen LogP contribution in [0.5, 0.6) is 0 Å². The lowest BCUT2D eigenvalue weighted by Crippen LogP contribution is -2.26. The highest BCUT2D eigenvalue weighted by Crippen LogP contribution is 2.47. The average molecular weight is 377 g/mol. The molecule has 4 aromatic rings. The molecule has 0 amide bonds. The number of para-hydroxylation sites is 2. The molecular weight excluding hydrogens is 352 g/mol. The minimum atomic E-state index is 0.223. The van der Waals surface area contributed by atoms with E-state index in [9.17, 15) is 0 Å². The van der Waals surface area contributed by atoms with Gasteiger partial charge in [-0.05, 0) is 35.4 Å². The Morgan fingerprint density at radius 1 is 0.414 bits per heavy atom. The number of hydrogen-bond donors (Lipinski definition) is 0. The van der Waals surface area contributed by atoms with E-state index in [1.807, 2.05) is 0 Å². The first-order valence-electron chi connectivity index (χ1n) is 10.1. The average Bonchev–Trinajstić information content (AvgIpc) is 3.22. The maximum absolute atomic E-state index is 2.53. The standard InChI is InChI=1S/C27H24N2/c1-5-13-22(14-6-1)26-27(23-15-7-2-8-16-23)29(25-19-11-4-12-20-25)21-28(26)24-17-9-3-10-18-24/h1-20,26-27H,21H2/t26-,27+. The van der Waals surface area contributed by atoms with Gasteiger partial charge in [-0.3, -0.25) is 0 Å². The van der Waals surface area contributed by atoms with E-state index in [1.54, 1.807) is 0 Å². The summed E-state index contributed by atoms with van der Waals surface area (Å²) in [5.74, 6) is 0. The molecule has 0 spiro atoms. The Kier molecular flexibility index (Phi) is 4.75. The predicted molar refractivity (Wildman–Crippen MR) is 121 cm³/mol. The zero-order valence-corrected chi connectivity index (χ0v) is 16.3. The van der Waals surface area contributed by atoms with Crippen LogP contribution >= 0.6 is 0 Å². The van der Waals surface area contributed by atoms with Crippen LogP contribution in [-0.2, 0) is 0 Å². The van der Waals surface area contributed by atoms with Crippen molar-refractivity contribution in [1.29, 1.82) is 0 Å². The Bertz CT molecular complexity index is 946. The van der Waals surface area contributed by atoms with Crippen LogP contribution in [0.4, 0.5) is 11.4 Å². The fourth-order valence-electron chi connectivity index (χ4n) is 4.43. The summed E-state index contributed by atoms with van der Waals surface area (Å²) in [6.07, 6.45) is 0. The SMILES string of the molecule is c1ccc([C@@H]2[C@H](c3ccccc3)N(c3ccccc3)CN2c2ccccc2)cc1. The Balaban J connectivity index is 1.69. The van der Waals surface area contributed by atoms with Gasteiger partial charge in [-0.15, -0.1) is 0 Å². The third-order valence-electron chi connectivity index (χ3n) is 5.73. The van der Waals surface area contributed by atoms with E-state index in [1.165, 1.54) is 22.5 Å². The molecule has 1 saturated heterocycles. The smallest absolute Gasteiger partial charge is 0.0917 e. The van der Waals surface area contributed by atoms with Crippen LogP contribution in [0.25, 0.3) is 0 Å². The first-order valence-corrected chi connectivity index (χ1v) is 10.1. The summed E-state index contributed by atoms with van der Waals surface area (Å²) >= 11 is 0. The molecule has 0 bridgehead atoms. The minimum Gasteiger partial charge on any atom is -0.344 e. The van der Waals surface area contributed by atoms with Gasteiger partial charge in [-0.25, -0.2) is 0 Å². The van der Waals surface area contributed by atoms with E-state index in [2.05, 4.69) is 131 Å². The second-order valence-electron chi connectivity index (χ2n) is 7.46. The van der Waals surface area contributed by atoms with Gasteiger partial charge < -0.3 is 9.80 Å². The van der Waals surface area contributed by atoms with Crippen LogP contribution in [0.2, 0.25) is 0 Å². The van der Waals surface area contributed by atoms with Crippen molar-refractivity contribution in [3.63, 3.8) is 0 Å². The molecule has 1 aliphatic rings. The fourth-order valence-corrected chi connectivity index (χ4v) is 4.43.